The van der Waals surface area contributed by atoms with Gasteiger partial charge in [0.05, 0.1) is 23.9 Å². The zero-order valence-electron chi connectivity index (χ0n) is 9.92. The molecule has 3 heterocycles. The molecule has 3 saturated heterocycles. The molecule has 0 aromatic rings. The first kappa shape index (κ1) is 8.16. The van der Waals surface area contributed by atoms with E-state index in [1.54, 1.807) is 0 Å². The highest BCUT2D eigenvalue weighted by molar-refractivity contribution is 5.27. The van der Waals surface area contributed by atoms with Crippen molar-refractivity contribution < 1.29 is 9.47 Å². The van der Waals surface area contributed by atoms with Crippen LogP contribution in [0.3, 0.4) is 0 Å². The maximum Gasteiger partial charge on any atom is 0.0875 e. The van der Waals surface area contributed by atoms with Crippen LogP contribution >= 0.6 is 0 Å². The summed E-state index contributed by atoms with van der Waals surface area (Å²) in [5.41, 5.74) is 0.412. The second-order valence-electron chi connectivity index (χ2n) is 8.08. The molecule has 0 radical (unpaired) electrons. The summed E-state index contributed by atoms with van der Waals surface area (Å²) in [5.74, 6) is 7.04. The minimum Gasteiger partial charge on any atom is -0.371 e. The van der Waals surface area contributed by atoms with E-state index in [-0.39, 0.29) is 0 Å². The molecule has 11 atom stereocenters. The van der Waals surface area contributed by atoms with E-state index in [0.717, 1.165) is 41.4 Å². The number of ether oxygens (including phenoxy) is 2. The highest BCUT2D eigenvalue weighted by Crippen LogP contribution is 2.78. The Morgan fingerprint density at radius 3 is 2.65 bits per heavy atom. The summed E-state index contributed by atoms with van der Waals surface area (Å²) in [6.07, 6.45) is 8.01. The fourth-order valence-corrected chi connectivity index (χ4v) is 7.88. The van der Waals surface area contributed by atoms with Gasteiger partial charge >= 0.3 is 0 Å². The van der Waals surface area contributed by atoms with E-state index in [2.05, 4.69) is 0 Å². The van der Waals surface area contributed by atoms with Crippen LogP contribution in [-0.4, -0.2) is 23.9 Å². The molecular formula is C15H18O2. The van der Waals surface area contributed by atoms with Crippen molar-refractivity contribution in [2.75, 3.05) is 0 Å². The zero-order valence-corrected chi connectivity index (χ0v) is 9.92. The molecule has 5 aliphatic carbocycles. The topological polar surface area (TPSA) is 21.8 Å². The van der Waals surface area contributed by atoms with Gasteiger partial charge in [-0.1, -0.05) is 0 Å². The molecule has 90 valence electrons. The van der Waals surface area contributed by atoms with E-state index >= 15 is 0 Å². The second kappa shape index (κ2) is 2.02. The van der Waals surface area contributed by atoms with E-state index < -0.39 is 0 Å². The third-order valence-electron chi connectivity index (χ3n) is 8.09. The summed E-state index contributed by atoms with van der Waals surface area (Å²) < 4.78 is 12.1. The number of hydrogen-bond acceptors (Lipinski definition) is 2. The van der Waals surface area contributed by atoms with Crippen LogP contribution in [0.4, 0.5) is 0 Å². The van der Waals surface area contributed by atoms with Crippen LogP contribution in [0.25, 0.3) is 0 Å². The standard InChI is InChI=1S/C15H18O2/c1-6-5-2-9-12(8-3-15(9)4-10(8)17-15)11(5)7(1)14-13(6)16-14/h5-14H,1-4H2. The second-order valence-corrected chi connectivity index (χ2v) is 8.08. The molecule has 0 aromatic carbocycles. The average Bonchev–Trinajstić information content (AvgIpc) is 2.77. The summed E-state index contributed by atoms with van der Waals surface area (Å²) >= 11 is 0. The summed E-state index contributed by atoms with van der Waals surface area (Å²) in [6.45, 7) is 0. The molecule has 8 fully saturated rings. The number of fused-ring (bicyclic) bond motifs is 10. The van der Waals surface area contributed by atoms with E-state index in [9.17, 15) is 0 Å². The molecule has 0 N–H and O–H groups in total. The summed E-state index contributed by atoms with van der Waals surface area (Å²) in [5, 5.41) is 0. The van der Waals surface area contributed by atoms with E-state index in [1.165, 1.54) is 25.7 Å². The lowest BCUT2D eigenvalue weighted by molar-refractivity contribution is -0.224. The van der Waals surface area contributed by atoms with Crippen molar-refractivity contribution >= 4 is 0 Å². The average molecular weight is 230 g/mol. The summed E-state index contributed by atoms with van der Waals surface area (Å²) in [7, 11) is 0. The zero-order chi connectivity index (χ0) is 10.5. The Hall–Kier alpha value is -0.0800. The Kier molecular flexibility index (Phi) is 0.968. The molecule has 5 saturated carbocycles. The smallest absolute Gasteiger partial charge is 0.0875 e. The molecule has 0 amide bonds. The molecule has 11 unspecified atom stereocenters. The molecule has 2 nitrogen and oxygen atoms in total. The van der Waals surface area contributed by atoms with Crippen LogP contribution in [-0.2, 0) is 9.47 Å². The Bertz CT molecular complexity index is 450. The predicted octanol–water partition coefficient (Wildman–Crippen LogP) is 1.83. The van der Waals surface area contributed by atoms with Gasteiger partial charge < -0.3 is 9.47 Å². The van der Waals surface area contributed by atoms with Crippen LogP contribution in [0.1, 0.15) is 25.7 Å². The largest absolute Gasteiger partial charge is 0.371 e. The Balaban J connectivity index is 1.40. The maximum atomic E-state index is 6.21. The number of epoxide rings is 1. The minimum atomic E-state index is 0.412. The molecule has 0 aromatic heterocycles. The fraction of sp³-hybridized carbons (Fsp3) is 1.00. The Morgan fingerprint density at radius 1 is 0.824 bits per heavy atom. The van der Waals surface area contributed by atoms with Crippen LogP contribution < -0.4 is 0 Å². The Labute approximate surface area is 101 Å². The van der Waals surface area contributed by atoms with Gasteiger partial charge in [0.2, 0.25) is 0 Å². The normalized spacial score (nSPS) is 83.3. The van der Waals surface area contributed by atoms with Crippen LogP contribution in [0.2, 0.25) is 0 Å². The van der Waals surface area contributed by atoms with Crippen LogP contribution in [0.5, 0.6) is 0 Å². The van der Waals surface area contributed by atoms with Gasteiger partial charge in [0.1, 0.15) is 0 Å². The predicted molar refractivity (Wildman–Crippen MR) is 59.2 cm³/mol. The van der Waals surface area contributed by atoms with Crippen molar-refractivity contribution in [2.45, 2.75) is 49.6 Å². The summed E-state index contributed by atoms with van der Waals surface area (Å²) in [6, 6.07) is 0. The minimum absolute atomic E-state index is 0.412. The van der Waals surface area contributed by atoms with Crippen molar-refractivity contribution in [1.29, 1.82) is 0 Å². The van der Waals surface area contributed by atoms with Crippen molar-refractivity contribution in [3.8, 4) is 0 Å². The molecule has 5 bridgehead atoms. The van der Waals surface area contributed by atoms with E-state index in [0.29, 0.717) is 23.9 Å². The van der Waals surface area contributed by atoms with Crippen molar-refractivity contribution in [3.05, 3.63) is 0 Å². The number of hydrogen-bond donors (Lipinski definition) is 0. The van der Waals surface area contributed by atoms with Gasteiger partial charge in [0.15, 0.2) is 0 Å². The lowest BCUT2D eigenvalue weighted by Gasteiger charge is -2.50. The molecule has 2 heteroatoms. The first-order valence-corrected chi connectivity index (χ1v) is 7.69. The number of rotatable bonds is 0. The van der Waals surface area contributed by atoms with Crippen molar-refractivity contribution in [2.24, 2.45) is 41.4 Å². The Morgan fingerprint density at radius 2 is 1.71 bits per heavy atom. The lowest BCUT2D eigenvalue weighted by Crippen LogP contribution is -2.54. The van der Waals surface area contributed by atoms with Gasteiger partial charge in [0, 0.05) is 6.42 Å². The monoisotopic (exact) mass is 230 g/mol. The molecule has 8 rings (SSSR count). The SMILES string of the molecule is C1C2C3CC4C(C5CC46CC5O6)C3C1C1OC21. The van der Waals surface area contributed by atoms with E-state index in [4.69, 9.17) is 9.47 Å². The maximum absolute atomic E-state index is 6.21. The fourth-order valence-electron chi connectivity index (χ4n) is 7.88. The third-order valence-corrected chi connectivity index (χ3v) is 8.09. The molecular weight excluding hydrogens is 212 g/mol. The van der Waals surface area contributed by atoms with Crippen molar-refractivity contribution in [1.82, 2.24) is 0 Å². The van der Waals surface area contributed by atoms with Gasteiger partial charge in [-0.05, 0) is 60.7 Å². The van der Waals surface area contributed by atoms with Gasteiger partial charge in [-0.25, -0.2) is 0 Å². The van der Waals surface area contributed by atoms with Crippen LogP contribution in [0, 0.1) is 41.4 Å². The van der Waals surface area contributed by atoms with Gasteiger partial charge in [0.25, 0.3) is 0 Å². The highest BCUT2D eigenvalue weighted by atomic mass is 16.6. The van der Waals surface area contributed by atoms with E-state index in [1.807, 2.05) is 0 Å². The first-order chi connectivity index (χ1) is 8.36. The van der Waals surface area contributed by atoms with Crippen molar-refractivity contribution in [3.63, 3.8) is 0 Å². The molecule has 8 aliphatic rings. The first-order valence-electron chi connectivity index (χ1n) is 7.69. The van der Waals surface area contributed by atoms with Gasteiger partial charge in [-0.2, -0.15) is 0 Å². The molecule has 17 heavy (non-hydrogen) atoms. The lowest BCUT2D eigenvalue weighted by atomic mass is 9.68. The quantitative estimate of drug-likeness (QED) is 0.592. The molecule has 3 aliphatic heterocycles. The van der Waals surface area contributed by atoms with Crippen LogP contribution in [0.15, 0.2) is 0 Å². The van der Waals surface area contributed by atoms with Gasteiger partial charge in [-0.3, -0.25) is 0 Å². The third kappa shape index (κ3) is 0.613. The summed E-state index contributed by atoms with van der Waals surface area (Å²) in [4.78, 5) is 0. The van der Waals surface area contributed by atoms with Gasteiger partial charge in [-0.15, -0.1) is 0 Å². The highest BCUT2D eigenvalue weighted by Gasteiger charge is 2.80. The molecule has 1 spiro atoms.